The molecule has 5 nitrogen and oxygen atoms in total. The lowest BCUT2D eigenvalue weighted by Gasteiger charge is -2.13. The second kappa shape index (κ2) is 5.96. The van der Waals surface area contributed by atoms with Crippen LogP contribution in [0.4, 0.5) is 5.69 Å². The molecule has 1 aromatic heterocycles. The molecule has 1 N–H and O–H groups in total. The minimum absolute atomic E-state index is 0.169. The molecule has 0 aliphatic heterocycles. The van der Waals surface area contributed by atoms with E-state index in [1.54, 1.807) is 44.0 Å². The molecule has 0 radical (unpaired) electrons. The van der Waals surface area contributed by atoms with E-state index in [1.807, 2.05) is 12.1 Å². The number of ether oxygens (including phenoxy) is 1. The van der Waals surface area contributed by atoms with E-state index in [-0.39, 0.29) is 5.91 Å². The molecule has 2 aromatic rings. The Morgan fingerprint density at radius 2 is 2.25 bits per heavy atom. The average Bonchev–Trinajstić information content (AvgIpc) is 2.78. The molecule has 20 heavy (non-hydrogen) atoms. The van der Waals surface area contributed by atoms with Gasteiger partial charge in [-0.3, -0.25) is 9.48 Å². The zero-order chi connectivity index (χ0) is 14.7. The Morgan fingerprint density at radius 1 is 1.50 bits per heavy atom. The largest absolute Gasteiger partial charge is 0.497 e. The molecule has 0 bridgehead atoms. The minimum Gasteiger partial charge on any atom is -0.497 e. The number of methoxy groups -OCH3 is 1. The molecular formula is C14H16ClN3O2. The normalized spacial score (nSPS) is 12.0. The summed E-state index contributed by atoms with van der Waals surface area (Å²) in [5.74, 6) is 0.519. The Morgan fingerprint density at radius 3 is 2.85 bits per heavy atom. The molecule has 0 aliphatic carbocycles. The quantitative estimate of drug-likeness (QED) is 0.942. The molecule has 6 heteroatoms. The van der Waals surface area contributed by atoms with Crippen molar-refractivity contribution in [3.05, 3.63) is 41.2 Å². The number of hydrogen-bond acceptors (Lipinski definition) is 3. The molecule has 1 unspecified atom stereocenters. The number of halogens is 1. The van der Waals surface area contributed by atoms with Crippen LogP contribution in [0.3, 0.4) is 0 Å². The number of aromatic nitrogens is 2. The fourth-order valence-corrected chi connectivity index (χ4v) is 1.86. The van der Waals surface area contributed by atoms with E-state index in [0.717, 1.165) is 0 Å². The lowest BCUT2D eigenvalue weighted by Crippen LogP contribution is -2.24. The summed E-state index contributed by atoms with van der Waals surface area (Å²) in [6.07, 6.45) is 1.65. The SMILES string of the molecule is COc1cccc(NC(=O)C(C)n2cc(Cl)c(C)n2)c1. The second-order valence-electron chi connectivity index (χ2n) is 4.44. The Labute approximate surface area is 122 Å². The fraction of sp³-hybridized carbons (Fsp3) is 0.286. The third kappa shape index (κ3) is 3.11. The van der Waals surface area contributed by atoms with Gasteiger partial charge in [-0.2, -0.15) is 5.10 Å². The maximum absolute atomic E-state index is 12.2. The molecule has 0 spiro atoms. The number of amides is 1. The lowest BCUT2D eigenvalue weighted by atomic mass is 10.2. The molecule has 2 rings (SSSR count). The molecule has 0 saturated heterocycles. The van der Waals surface area contributed by atoms with Gasteiger partial charge in [0.2, 0.25) is 5.91 Å². The Kier molecular flexibility index (Phi) is 4.29. The Hall–Kier alpha value is -2.01. The van der Waals surface area contributed by atoms with Gasteiger partial charge in [0.15, 0.2) is 0 Å². The first-order valence-electron chi connectivity index (χ1n) is 6.17. The van der Waals surface area contributed by atoms with Crippen LogP contribution < -0.4 is 10.1 Å². The molecule has 1 aromatic carbocycles. The molecule has 0 saturated carbocycles. The van der Waals surface area contributed by atoms with Gasteiger partial charge in [0.1, 0.15) is 11.8 Å². The number of rotatable bonds is 4. The van der Waals surface area contributed by atoms with Gasteiger partial charge in [0.25, 0.3) is 0 Å². The van der Waals surface area contributed by atoms with Crippen LogP contribution >= 0.6 is 11.6 Å². The average molecular weight is 294 g/mol. The summed E-state index contributed by atoms with van der Waals surface area (Å²) in [5.41, 5.74) is 1.38. The van der Waals surface area contributed by atoms with Crippen molar-refractivity contribution in [2.45, 2.75) is 19.9 Å². The summed E-state index contributed by atoms with van der Waals surface area (Å²) in [7, 11) is 1.58. The van der Waals surface area contributed by atoms with Crippen molar-refractivity contribution >= 4 is 23.2 Å². The molecular weight excluding hydrogens is 278 g/mol. The van der Waals surface area contributed by atoms with Crippen LogP contribution in [0.2, 0.25) is 5.02 Å². The predicted molar refractivity (Wildman–Crippen MR) is 78.3 cm³/mol. The van der Waals surface area contributed by atoms with Crippen molar-refractivity contribution in [3.8, 4) is 5.75 Å². The second-order valence-corrected chi connectivity index (χ2v) is 4.85. The van der Waals surface area contributed by atoms with Crippen LogP contribution in [-0.2, 0) is 4.79 Å². The first kappa shape index (κ1) is 14.4. The van der Waals surface area contributed by atoms with Gasteiger partial charge < -0.3 is 10.1 Å². The van der Waals surface area contributed by atoms with Crippen LogP contribution in [0.25, 0.3) is 0 Å². The van der Waals surface area contributed by atoms with E-state index in [4.69, 9.17) is 16.3 Å². The van der Waals surface area contributed by atoms with Crippen LogP contribution in [0.15, 0.2) is 30.5 Å². The molecule has 106 valence electrons. The van der Waals surface area contributed by atoms with Crippen molar-refractivity contribution in [2.24, 2.45) is 0 Å². The molecule has 0 aliphatic rings. The van der Waals surface area contributed by atoms with Crippen molar-refractivity contribution in [2.75, 3.05) is 12.4 Å². The standard InChI is InChI=1S/C14H16ClN3O2/c1-9-13(15)8-18(17-9)10(2)14(19)16-11-5-4-6-12(7-11)20-3/h4-8,10H,1-3H3,(H,16,19). The Balaban J connectivity index is 2.11. The number of benzene rings is 1. The van der Waals surface area contributed by atoms with Gasteiger partial charge in [-0.25, -0.2) is 0 Å². The number of nitrogens with one attached hydrogen (secondary N) is 1. The monoisotopic (exact) mass is 293 g/mol. The molecule has 0 fully saturated rings. The summed E-state index contributed by atoms with van der Waals surface area (Å²) in [5, 5.41) is 7.57. The van der Waals surface area contributed by atoms with Crippen LogP contribution in [0, 0.1) is 6.92 Å². The first-order chi connectivity index (χ1) is 9.51. The number of anilines is 1. The van der Waals surface area contributed by atoms with E-state index in [0.29, 0.717) is 22.2 Å². The van der Waals surface area contributed by atoms with E-state index < -0.39 is 6.04 Å². The van der Waals surface area contributed by atoms with Gasteiger partial charge in [0.05, 0.1) is 17.8 Å². The number of carbonyl (C=O) groups is 1. The molecule has 1 atom stereocenters. The van der Waals surface area contributed by atoms with Gasteiger partial charge in [-0.1, -0.05) is 17.7 Å². The van der Waals surface area contributed by atoms with E-state index in [9.17, 15) is 4.79 Å². The number of aryl methyl sites for hydroxylation is 1. The molecule has 1 heterocycles. The van der Waals surface area contributed by atoms with Gasteiger partial charge in [-0.15, -0.1) is 0 Å². The minimum atomic E-state index is -0.451. The van der Waals surface area contributed by atoms with Crippen LogP contribution in [-0.4, -0.2) is 22.8 Å². The highest BCUT2D eigenvalue weighted by Gasteiger charge is 2.17. The van der Waals surface area contributed by atoms with Crippen LogP contribution in [0.5, 0.6) is 5.75 Å². The van der Waals surface area contributed by atoms with Crippen LogP contribution in [0.1, 0.15) is 18.7 Å². The van der Waals surface area contributed by atoms with Gasteiger partial charge >= 0.3 is 0 Å². The number of carbonyl (C=O) groups excluding carboxylic acids is 1. The highest BCUT2D eigenvalue weighted by atomic mass is 35.5. The topological polar surface area (TPSA) is 56.1 Å². The smallest absolute Gasteiger partial charge is 0.248 e. The maximum Gasteiger partial charge on any atom is 0.248 e. The van der Waals surface area contributed by atoms with E-state index in [2.05, 4.69) is 10.4 Å². The zero-order valence-electron chi connectivity index (χ0n) is 11.6. The Bertz CT molecular complexity index is 605. The fourth-order valence-electron chi connectivity index (χ4n) is 1.73. The summed E-state index contributed by atoms with van der Waals surface area (Å²) >= 11 is 5.95. The summed E-state index contributed by atoms with van der Waals surface area (Å²) in [4.78, 5) is 12.2. The third-order valence-electron chi connectivity index (χ3n) is 2.97. The van der Waals surface area contributed by atoms with Crippen molar-refractivity contribution in [3.63, 3.8) is 0 Å². The van der Waals surface area contributed by atoms with Crippen molar-refractivity contribution in [1.29, 1.82) is 0 Å². The first-order valence-corrected chi connectivity index (χ1v) is 6.55. The predicted octanol–water partition coefficient (Wildman–Crippen LogP) is 3.05. The zero-order valence-corrected chi connectivity index (χ0v) is 12.3. The lowest BCUT2D eigenvalue weighted by molar-refractivity contribution is -0.119. The van der Waals surface area contributed by atoms with Gasteiger partial charge in [-0.05, 0) is 26.0 Å². The summed E-state index contributed by atoms with van der Waals surface area (Å²) < 4.78 is 6.66. The van der Waals surface area contributed by atoms with E-state index in [1.165, 1.54) is 0 Å². The number of hydrogen-bond donors (Lipinski definition) is 1. The highest BCUT2D eigenvalue weighted by Crippen LogP contribution is 2.20. The third-order valence-corrected chi connectivity index (χ3v) is 3.34. The van der Waals surface area contributed by atoms with Crippen molar-refractivity contribution < 1.29 is 9.53 Å². The van der Waals surface area contributed by atoms with Gasteiger partial charge in [0, 0.05) is 18.0 Å². The number of nitrogens with zero attached hydrogens (tertiary/aromatic N) is 2. The molecule has 1 amide bonds. The van der Waals surface area contributed by atoms with E-state index >= 15 is 0 Å². The van der Waals surface area contributed by atoms with Crippen molar-refractivity contribution in [1.82, 2.24) is 9.78 Å². The maximum atomic E-state index is 12.2. The highest BCUT2D eigenvalue weighted by molar-refractivity contribution is 6.31. The summed E-state index contributed by atoms with van der Waals surface area (Å²) in [6, 6.07) is 6.73. The summed E-state index contributed by atoms with van der Waals surface area (Å²) in [6.45, 7) is 3.56.